The van der Waals surface area contributed by atoms with Gasteiger partial charge in [-0.05, 0) is 24.6 Å². The Balaban J connectivity index is 0.000000360. The van der Waals surface area contributed by atoms with Crippen LogP contribution in [0.2, 0.25) is 0 Å². The number of aliphatic carboxylic acids is 1. The number of imidazole rings is 1. The molecule has 1 atom stereocenters. The number of carboxylic acid groups (broad SMARTS) is 1. The smallest absolute Gasteiger partial charge is 0.475 e. The number of carboxylic acids is 1. The van der Waals surface area contributed by atoms with Gasteiger partial charge in [0.2, 0.25) is 0 Å². The summed E-state index contributed by atoms with van der Waals surface area (Å²) in [5, 5.41) is 8.40. The van der Waals surface area contributed by atoms with Gasteiger partial charge in [0, 0.05) is 57.0 Å². The number of hydrogen-bond donors (Lipinski definition) is 2. The number of carbonyl (C=O) groups is 2. The highest BCUT2D eigenvalue weighted by atomic mass is 19.4. The van der Waals surface area contributed by atoms with E-state index in [0.29, 0.717) is 5.69 Å². The molecule has 1 aliphatic rings. The zero-order valence-electron chi connectivity index (χ0n) is 17.8. The van der Waals surface area contributed by atoms with E-state index in [4.69, 9.17) is 9.90 Å². The summed E-state index contributed by atoms with van der Waals surface area (Å²) < 4.78 is 33.9. The Morgan fingerprint density at radius 1 is 1.25 bits per heavy atom. The zero-order chi connectivity index (χ0) is 23.6. The number of halogens is 3. The molecule has 0 spiro atoms. The van der Waals surface area contributed by atoms with Crippen LogP contribution >= 0.6 is 0 Å². The molecule has 32 heavy (non-hydrogen) atoms. The van der Waals surface area contributed by atoms with Gasteiger partial charge < -0.3 is 19.6 Å². The highest BCUT2D eigenvalue weighted by Gasteiger charge is 2.38. The third kappa shape index (κ3) is 4.93. The second kappa shape index (κ2) is 9.03. The number of rotatable bonds is 3. The molecule has 1 aromatic carbocycles. The number of benzene rings is 1. The van der Waals surface area contributed by atoms with Crippen molar-refractivity contribution in [2.45, 2.75) is 32.2 Å². The molecule has 1 aliphatic heterocycles. The molecular weight excluding hydrogens is 427 g/mol. The van der Waals surface area contributed by atoms with E-state index in [0.717, 1.165) is 25.5 Å². The van der Waals surface area contributed by atoms with E-state index in [1.54, 1.807) is 19.0 Å². The highest BCUT2D eigenvalue weighted by molar-refractivity contribution is 5.91. The van der Waals surface area contributed by atoms with Crippen LogP contribution in [-0.4, -0.2) is 68.1 Å². The molecule has 0 saturated carbocycles. The lowest BCUT2D eigenvalue weighted by molar-refractivity contribution is -0.192. The normalized spacial score (nSPS) is 16.2. The molecule has 172 valence electrons. The van der Waals surface area contributed by atoms with Crippen molar-refractivity contribution in [3.05, 3.63) is 53.7 Å². The van der Waals surface area contributed by atoms with Crippen molar-refractivity contribution in [3.8, 4) is 0 Å². The van der Waals surface area contributed by atoms with Gasteiger partial charge in [0.25, 0.3) is 5.91 Å². The SMILES string of the molecule is CC1c2nc(C(=O)N(C)C)cn2CCN1Cc1cccc2[nH]ccc12.O=C(O)C(F)(F)F. The zero-order valence-corrected chi connectivity index (χ0v) is 17.8. The first kappa shape index (κ1) is 23.3. The Labute approximate surface area is 182 Å². The first-order chi connectivity index (χ1) is 15.0. The number of aromatic nitrogens is 3. The molecule has 0 aliphatic carbocycles. The summed E-state index contributed by atoms with van der Waals surface area (Å²) in [6.45, 7) is 4.84. The van der Waals surface area contributed by atoms with Gasteiger partial charge in [-0.25, -0.2) is 9.78 Å². The number of nitrogens with one attached hydrogen (secondary N) is 1. The third-order valence-electron chi connectivity index (χ3n) is 5.28. The summed E-state index contributed by atoms with van der Waals surface area (Å²) in [5.41, 5.74) is 3.01. The first-order valence-electron chi connectivity index (χ1n) is 9.87. The molecule has 1 amide bonds. The monoisotopic (exact) mass is 451 g/mol. The molecule has 0 radical (unpaired) electrons. The highest BCUT2D eigenvalue weighted by Crippen LogP contribution is 2.28. The van der Waals surface area contributed by atoms with Crippen LogP contribution in [0, 0.1) is 0 Å². The molecule has 3 heterocycles. The molecule has 8 nitrogen and oxygen atoms in total. The van der Waals surface area contributed by atoms with Gasteiger partial charge in [-0.2, -0.15) is 13.2 Å². The number of nitrogens with zero attached hydrogens (tertiary/aromatic N) is 4. The topological polar surface area (TPSA) is 94.5 Å². The van der Waals surface area contributed by atoms with Crippen molar-refractivity contribution < 1.29 is 27.9 Å². The van der Waals surface area contributed by atoms with Gasteiger partial charge >= 0.3 is 12.1 Å². The molecule has 2 aromatic heterocycles. The van der Waals surface area contributed by atoms with Gasteiger partial charge in [-0.3, -0.25) is 9.69 Å². The van der Waals surface area contributed by atoms with Gasteiger partial charge in [-0.1, -0.05) is 12.1 Å². The van der Waals surface area contributed by atoms with Crippen molar-refractivity contribution >= 4 is 22.8 Å². The van der Waals surface area contributed by atoms with E-state index >= 15 is 0 Å². The third-order valence-corrected chi connectivity index (χ3v) is 5.28. The van der Waals surface area contributed by atoms with Crippen molar-refractivity contribution in [1.29, 1.82) is 0 Å². The minimum Gasteiger partial charge on any atom is -0.475 e. The predicted molar refractivity (Wildman–Crippen MR) is 111 cm³/mol. The van der Waals surface area contributed by atoms with Crippen LogP contribution in [0.1, 0.15) is 34.8 Å². The molecule has 11 heteroatoms. The van der Waals surface area contributed by atoms with Gasteiger partial charge in [-0.15, -0.1) is 0 Å². The van der Waals surface area contributed by atoms with Crippen LogP contribution in [0.5, 0.6) is 0 Å². The number of fused-ring (bicyclic) bond motifs is 2. The lowest BCUT2D eigenvalue weighted by Crippen LogP contribution is -2.36. The van der Waals surface area contributed by atoms with E-state index in [-0.39, 0.29) is 11.9 Å². The van der Waals surface area contributed by atoms with Crippen molar-refractivity contribution in [2.24, 2.45) is 0 Å². The minimum atomic E-state index is -5.08. The summed E-state index contributed by atoms with van der Waals surface area (Å²) in [4.78, 5) is 33.0. The summed E-state index contributed by atoms with van der Waals surface area (Å²) in [5.74, 6) is -1.83. The Morgan fingerprint density at radius 2 is 1.94 bits per heavy atom. The number of hydrogen-bond acceptors (Lipinski definition) is 4. The fourth-order valence-electron chi connectivity index (χ4n) is 3.59. The average Bonchev–Trinajstić information content (AvgIpc) is 3.37. The van der Waals surface area contributed by atoms with Crippen molar-refractivity contribution in [3.63, 3.8) is 0 Å². The van der Waals surface area contributed by atoms with E-state index in [9.17, 15) is 18.0 Å². The largest absolute Gasteiger partial charge is 0.490 e. The summed E-state index contributed by atoms with van der Waals surface area (Å²) in [6.07, 6.45) is -1.21. The molecule has 1 unspecified atom stereocenters. The maximum Gasteiger partial charge on any atom is 0.490 e. The fraction of sp³-hybridized carbons (Fsp3) is 0.381. The fourth-order valence-corrected chi connectivity index (χ4v) is 3.59. The van der Waals surface area contributed by atoms with E-state index in [2.05, 4.69) is 50.6 Å². The standard InChI is InChI=1S/C19H23N5O.C2HF3O2/c1-13-18-21-17(19(25)22(2)3)12-24(18)10-9-23(13)11-14-5-4-6-16-15(14)7-8-20-16;3-2(4,5)1(6)7/h4-8,12-13,20H,9-11H2,1-3H3;(H,6,7). The van der Waals surface area contributed by atoms with Crippen LogP contribution < -0.4 is 0 Å². The molecule has 0 fully saturated rings. The Bertz CT molecular complexity index is 1120. The quantitative estimate of drug-likeness (QED) is 0.638. The predicted octanol–water partition coefficient (Wildman–Crippen LogP) is 3.28. The van der Waals surface area contributed by atoms with Gasteiger partial charge in [0.15, 0.2) is 0 Å². The molecule has 0 bridgehead atoms. The lowest BCUT2D eigenvalue weighted by Gasteiger charge is -2.33. The summed E-state index contributed by atoms with van der Waals surface area (Å²) in [6, 6.07) is 8.69. The number of aromatic amines is 1. The second-order valence-electron chi connectivity index (χ2n) is 7.68. The van der Waals surface area contributed by atoms with Crippen LogP contribution in [0.4, 0.5) is 13.2 Å². The lowest BCUT2D eigenvalue weighted by atomic mass is 10.1. The van der Waals surface area contributed by atoms with Crippen LogP contribution in [0.3, 0.4) is 0 Å². The number of H-pyrrole nitrogens is 1. The minimum absolute atomic E-state index is 0.0438. The van der Waals surface area contributed by atoms with Gasteiger partial charge in [0.1, 0.15) is 11.5 Å². The maximum absolute atomic E-state index is 12.2. The summed E-state index contributed by atoms with van der Waals surface area (Å²) >= 11 is 0. The Kier molecular flexibility index (Phi) is 6.58. The van der Waals surface area contributed by atoms with Gasteiger partial charge in [0.05, 0.1) is 6.04 Å². The second-order valence-corrected chi connectivity index (χ2v) is 7.68. The maximum atomic E-state index is 12.2. The van der Waals surface area contributed by atoms with E-state index in [1.165, 1.54) is 16.5 Å². The van der Waals surface area contributed by atoms with Crippen LogP contribution in [0.25, 0.3) is 10.9 Å². The number of alkyl halides is 3. The van der Waals surface area contributed by atoms with E-state index in [1.807, 2.05) is 12.4 Å². The van der Waals surface area contributed by atoms with Crippen LogP contribution in [0.15, 0.2) is 36.7 Å². The van der Waals surface area contributed by atoms with E-state index < -0.39 is 12.1 Å². The number of amides is 1. The molecule has 2 N–H and O–H groups in total. The van der Waals surface area contributed by atoms with Crippen molar-refractivity contribution in [2.75, 3.05) is 20.6 Å². The average molecular weight is 451 g/mol. The molecule has 0 saturated heterocycles. The van der Waals surface area contributed by atoms with Crippen molar-refractivity contribution in [1.82, 2.24) is 24.3 Å². The Morgan fingerprint density at radius 3 is 2.56 bits per heavy atom. The molecule has 4 rings (SSSR count). The first-order valence-corrected chi connectivity index (χ1v) is 9.87. The number of carbonyl (C=O) groups excluding carboxylic acids is 1. The van der Waals surface area contributed by atoms with Crippen LogP contribution in [-0.2, 0) is 17.9 Å². The summed E-state index contributed by atoms with van der Waals surface area (Å²) in [7, 11) is 3.52. The molecule has 3 aromatic rings. The molecular formula is C21H24F3N5O3. The Hall–Kier alpha value is -3.34.